The fourth-order valence-corrected chi connectivity index (χ4v) is 10.2. The molecule has 0 aliphatic heterocycles. The Balaban J connectivity index is 1.31. The third-order valence-corrected chi connectivity index (χ3v) is 12.1. The molecule has 2 aromatic heterocycles. The maximum absolute atomic E-state index is 2.64. The number of nitrogens with zero attached hydrogens (tertiary/aromatic N) is 2. The molecule has 52 heavy (non-hydrogen) atoms. The summed E-state index contributed by atoms with van der Waals surface area (Å²) in [5.74, 6) is 0. The van der Waals surface area contributed by atoms with Gasteiger partial charge in [0.1, 0.15) is 5.54 Å². The molecular formula is C49H32N2S. The summed E-state index contributed by atoms with van der Waals surface area (Å²) in [5.41, 5.74) is 11.7. The fourth-order valence-electron chi connectivity index (χ4n) is 9.05. The molecule has 0 saturated heterocycles. The molecule has 10 aromatic rings. The van der Waals surface area contributed by atoms with Crippen molar-refractivity contribution in [3.05, 3.63) is 211 Å². The molecule has 0 fully saturated rings. The number of para-hydroxylation sites is 2. The van der Waals surface area contributed by atoms with Gasteiger partial charge in [-0.15, -0.1) is 11.3 Å². The molecule has 0 spiro atoms. The molecule has 0 saturated carbocycles. The van der Waals surface area contributed by atoms with Crippen LogP contribution >= 0.6 is 11.3 Å². The Hall–Kier alpha value is -6.42. The molecule has 3 heteroatoms. The van der Waals surface area contributed by atoms with Crippen molar-refractivity contribution in [2.75, 3.05) is 4.90 Å². The lowest BCUT2D eigenvalue weighted by atomic mass is 9.80. The monoisotopic (exact) mass is 680 g/mol. The highest BCUT2D eigenvalue weighted by molar-refractivity contribution is 7.26. The van der Waals surface area contributed by atoms with Crippen LogP contribution in [0.3, 0.4) is 0 Å². The van der Waals surface area contributed by atoms with Crippen LogP contribution in [0, 0.1) is 0 Å². The first-order chi connectivity index (χ1) is 25.8. The van der Waals surface area contributed by atoms with E-state index in [1.54, 1.807) is 0 Å². The van der Waals surface area contributed by atoms with Crippen molar-refractivity contribution in [2.24, 2.45) is 0 Å². The second-order valence-electron chi connectivity index (χ2n) is 13.6. The van der Waals surface area contributed by atoms with Gasteiger partial charge in [-0.3, -0.25) is 0 Å². The van der Waals surface area contributed by atoms with Gasteiger partial charge in [0.2, 0.25) is 0 Å². The minimum atomic E-state index is -0.602. The van der Waals surface area contributed by atoms with Gasteiger partial charge in [0, 0.05) is 36.6 Å². The molecule has 0 atom stereocenters. The second kappa shape index (κ2) is 11.3. The number of aromatic nitrogens is 1. The van der Waals surface area contributed by atoms with E-state index in [4.69, 9.17) is 0 Å². The van der Waals surface area contributed by atoms with Crippen molar-refractivity contribution >= 4 is 70.4 Å². The lowest BCUT2D eigenvalue weighted by molar-refractivity contribution is 0.564. The molecule has 0 radical (unpaired) electrons. The quantitative estimate of drug-likeness (QED) is 0.176. The lowest BCUT2D eigenvalue weighted by Gasteiger charge is -2.36. The fraction of sp³-hybridized carbons (Fsp3) is 0.0204. The summed E-state index contributed by atoms with van der Waals surface area (Å²) < 4.78 is 5.23. The smallest absolute Gasteiger partial charge is 0.122 e. The van der Waals surface area contributed by atoms with E-state index >= 15 is 0 Å². The zero-order valence-electron chi connectivity index (χ0n) is 28.3. The van der Waals surface area contributed by atoms with Crippen molar-refractivity contribution in [3.63, 3.8) is 0 Å². The number of anilines is 3. The Morgan fingerprint density at radius 2 is 0.942 bits per heavy atom. The average molecular weight is 681 g/mol. The summed E-state index contributed by atoms with van der Waals surface area (Å²) in [6, 6.07) is 71.5. The third-order valence-electron chi connectivity index (χ3n) is 11.0. The van der Waals surface area contributed by atoms with Gasteiger partial charge in [-0.05, 0) is 76.3 Å². The zero-order valence-corrected chi connectivity index (χ0v) is 29.1. The van der Waals surface area contributed by atoms with Crippen LogP contribution in [0.25, 0.3) is 53.1 Å². The van der Waals surface area contributed by atoms with Gasteiger partial charge in [0.15, 0.2) is 0 Å². The topological polar surface area (TPSA) is 8.17 Å². The minimum absolute atomic E-state index is 0.602. The Morgan fingerprint density at radius 3 is 1.69 bits per heavy atom. The SMILES string of the molecule is c1ccc(N(c2cccc3sc4ccccc4c23)c2cccc3c2c2ccccc2n3C2(c3ccccc3)c3ccccc3-c3ccccc32)cc1. The number of fused-ring (bicyclic) bond motifs is 9. The highest BCUT2D eigenvalue weighted by Crippen LogP contribution is 2.57. The van der Waals surface area contributed by atoms with E-state index in [1.165, 1.54) is 75.5 Å². The Labute approximate surface area is 306 Å². The van der Waals surface area contributed by atoms with Crippen LogP contribution in [-0.4, -0.2) is 4.57 Å². The number of rotatable bonds is 5. The highest BCUT2D eigenvalue weighted by atomic mass is 32.1. The first-order valence-electron chi connectivity index (χ1n) is 17.9. The summed E-state index contributed by atoms with van der Waals surface area (Å²) in [7, 11) is 0. The first-order valence-corrected chi connectivity index (χ1v) is 18.7. The standard InChI is InChI=1S/C49H32N2S/c1-3-17-33(18-4-1)49(39-25-11-7-21-35(39)36-22-8-12-26-40(36)49)51-41-27-13-9-23-37(41)47-42(28-15-30-44(47)51)50(34-19-5-2-6-20-34)43-29-16-32-46-48(43)38-24-10-14-31-45(38)52-46/h1-32H. The number of hydrogen-bond donors (Lipinski definition) is 0. The molecule has 2 heterocycles. The van der Waals surface area contributed by atoms with Crippen molar-refractivity contribution in [3.8, 4) is 11.1 Å². The molecular weight excluding hydrogens is 649 g/mol. The van der Waals surface area contributed by atoms with E-state index in [1.807, 2.05) is 11.3 Å². The molecule has 0 amide bonds. The van der Waals surface area contributed by atoms with E-state index in [9.17, 15) is 0 Å². The van der Waals surface area contributed by atoms with Gasteiger partial charge in [0.05, 0.1) is 22.4 Å². The van der Waals surface area contributed by atoms with Crippen LogP contribution in [0.5, 0.6) is 0 Å². The van der Waals surface area contributed by atoms with Crippen LogP contribution in [0.15, 0.2) is 194 Å². The van der Waals surface area contributed by atoms with E-state index < -0.39 is 5.54 Å². The first kappa shape index (κ1) is 29.3. The maximum Gasteiger partial charge on any atom is 0.122 e. The Morgan fingerprint density at radius 1 is 0.404 bits per heavy atom. The molecule has 11 rings (SSSR count). The average Bonchev–Trinajstić information content (AvgIpc) is 3.86. The maximum atomic E-state index is 2.64. The normalized spacial score (nSPS) is 13.2. The molecule has 1 aliphatic rings. The summed E-state index contributed by atoms with van der Waals surface area (Å²) in [6.07, 6.45) is 0. The predicted octanol–water partition coefficient (Wildman–Crippen LogP) is 13.5. The van der Waals surface area contributed by atoms with Gasteiger partial charge in [-0.1, -0.05) is 146 Å². The van der Waals surface area contributed by atoms with Crippen molar-refractivity contribution in [2.45, 2.75) is 5.54 Å². The predicted molar refractivity (Wildman–Crippen MR) is 221 cm³/mol. The summed E-state index contributed by atoms with van der Waals surface area (Å²) >= 11 is 1.86. The third kappa shape index (κ3) is 3.94. The summed E-state index contributed by atoms with van der Waals surface area (Å²) in [4.78, 5) is 2.49. The molecule has 1 aliphatic carbocycles. The van der Waals surface area contributed by atoms with E-state index in [0.717, 1.165) is 11.4 Å². The largest absolute Gasteiger partial charge is 0.322 e. The number of hydrogen-bond acceptors (Lipinski definition) is 2. The van der Waals surface area contributed by atoms with Gasteiger partial charge in [0.25, 0.3) is 0 Å². The molecule has 8 aromatic carbocycles. The van der Waals surface area contributed by atoms with Crippen LogP contribution in [0.1, 0.15) is 16.7 Å². The highest BCUT2D eigenvalue weighted by Gasteiger charge is 2.47. The molecule has 0 unspecified atom stereocenters. The van der Waals surface area contributed by atoms with Gasteiger partial charge in [-0.2, -0.15) is 0 Å². The van der Waals surface area contributed by atoms with Crippen LogP contribution < -0.4 is 4.90 Å². The lowest BCUT2D eigenvalue weighted by Crippen LogP contribution is -2.35. The Kier molecular flexibility index (Phi) is 6.37. The van der Waals surface area contributed by atoms with Crippen LogP contribution in [0.2, 0.25) is 0 Å². The summed E-state index contributed by atoms with van der Waals surface area (Å²) in [5, 5.41) is 5.03. The zero-order chi connectivity index (χ0) is 34.2. The van der Waals surface area contributed by atoms with Gasteiger partial charge < -0.3 is 9.47 Å². The van der Waals surface area contributed by atoms with E-state index in [-0.39, 0.29) is 0 Å². The van der Waals surface area contributed by atoms with E-state index in [0.29, 0.717) is 0 Å². The number of benzene rings is 8. The van der Waals surface area contributed by atoms with Gasteiger partial charge >= 0.3 is 0 Å². The Bertz CT molecular complexity index is 2930. The minimum Gasteiger partial charge on any atom is -0.322 e. The van der Waals surface area contributed by atoms with Crippen molar-refractivity contribution < 1.29 is 0 Å². The van der Waals surface area contributed by atoms with Gasteiger partial charge in [-0.25, -0.2) is 0 Å². The van der Waals surface area contributed by atoms with Crippen LogP contribution in [0.4, 0.5) is 17.1 Å². The van der Waals surface area contributed by atoms with E-state index in [2.05, 4.69) is 204 Å². The molecule has 2 nitrogen and oxygen atoms in total. The van der Waals surface area contributed by atoms with Crippen molar-refractivity contribution in [1.29, 1.82) is 0 Å². The summed E-state index contributed by atoms with van der Waals surface area (Å²) in [6.45, 7) is 0. The second-order valence-corrected chi connectivity index (χ2v) is 14.7. The molecule has 0 N–H and O–H groups in total. The van der Waals surface area contributed by atoms with Crippen LogP contribution in [-0.2, 0) is 5.54 Å². The molecule has 0 bridgehead atoms. The van der Waals surface area contributed by atoms with Crippen molar-refractivity contribution in [1.82, 2.24) is 4.57 Å². The number of thiophene rings is 1. The molecule has 244 valence electrons.